The van der Waals surface area contributed by atoms with Crippen LogP contribution in [0.1, 0.15) is 169 Å². The van der Waals surface area contributed by atoms with Crippen molar-refractivity contribution in [2.45, 2.75) is 175 Å². The molecular weight excluding hydrogens is 494 g/mol. The first kappa shape index (κ1) is 36.6. The fourth-order valence-corrected chi connectivity index (χ4v) is 6.84. The second kappa shape index (κ2) is 24.2. The number of allylic oxidation sites excluding steroid dienone is 2. The largest absolute Gasteiger partial charge is 0.495 e. The molecule has 0 aliphatic heterocycles. The van der Waals surface area contributed by atoms with Gasteiger partial charge in [0.1, 0.15) is 0 Å². The van der Waals surface area contributed by atoms with Crippen LogP contribution < -0.4 is 4.72 Å². The Balaban J connectivity index is 2.03. The van der Waals surface area contributed by atoms with Gasteiger partial charge < -0.3 is 4.74 Å². The van der Waals surface area contributed by atoms with Crippen molar-refractivity contribution in [1.29, 1.82) is 0 Å². The van der Waals surface area contributed by atoms with Crippen molar-refractivity contribution >= 4 is 12.8 Å². The summed E-state index contributed by atoms with van der Waals surface area (Å²) in [4.78, 5) is 0. The Morgan fingerprint density at radius 1 is 0.821 bits per heavy atom. The van der Waals surface area contributed by atoms with Gasteiger partial charge in [-0.3, -0.25) is 4.72 Å². The van der Waals surface area contributed by atoms with Crippen LogP contribution in [0.5, 0.6) is 0 Å². The van der Waals surface area contributed by atoms with E-state index in [-0.39, 0.29) is 0 Å². The molecule has 0 spiro atoms. The summed E-state index contributed by atoms with van der Waals surface area (Å²) in [5, 5.41) is 0. The monoisotopic (exact) mass is 564 g/mol. The molecule has 1 aliphatic rings. The van der Waals surface area contributed by atoms with Crippen molar-refractivity contribution in [2.24, 2.45) is 23.7 Å². The van der Waals surface area contributed by atoms with Gasteiger partial charge in [-0.05, 0) is 81.5 Å². The van der Waals surface area contributed by atoms with E-state index < -0.39 is 0 Å². The highest BCUT2D eigenvalue weighted by atomic mass is 32.1. The predicted molar refractivity (Wildman–Crippen MR) is 178 cm³/mol. The minimum absolute atomic E-state index is 0.402. The molecule has 1 rings (SSSR count). The van der Waals surface area contributed by atoms with Crippen molar-refractivity contribution in [1.82, 2.24) is 4.72 Å². The van der Waals surface area contributed by atoms with E-state index in [0.717, 1.165) is 48.8 Å². The van der Waals surface area contributed by atoms with E-state index in [0.29, 0.717) is 6.10 Å². The maximum Gasteiger partial charge on any atom is 0.0985 e. The number of unbranched alkanes of at least 4 members (excludes halogenated alkanes) is 6. The van der Waals surface area contributed by atoms with Gasteiger partial charge in [0.15, 0.2) is 0 Å². The summed E-state index contributed by atoms with van der Waals surface area (Å²) in [6, 6.07) is 0. The average molecular weight is 564 g/mol. The van der Waals surface area contributed by atoms with Crippen molar-refractivity contribution in [2.75, 3.05) is 6.54 Å². The van der Waals surface area contributed by atoms with Gasteiger partial charge in [0.2, 0.25) is 0 Å². The maximum absolute atomic E-state index is 6.15. The molecule has 3 heteroatoms. The van der Waals surface area contributed by atoms with Crippen LogP contribution in [0.3, 0.4) is 0 Å². The highest BCUT2D eigenvalue weighted by Gasteiger charge is 2.26. The maximum atomic E-state index is 6.15. The Morgan fingerprint density at radius 3 is 2.21 bits per heavy atom. The quantitative estimate of drug-likeness (QED) is 0.0449. The van der Waals surface area contributed by atoms with E-state index in [2.05, 4.69) is 58.4 Å². The van der Waals surface area contributed by atoms with Crippen LogP contribution in [0, 0.1) is 23.7 Å². The lowest BCUT2D eigenvalue weighted by molar-refractivity contribution is 0.111. The molecule has 1 aliphatic carbocycles. The molecule has 0 aromatic heterocycles. The molecule has 230 valence electrons. The van der Waals surface area contributed by atoms with Crippen molar-refractivity contribution < 1.29 is 4.74 Å². The van der Waals surface area contributed by atoms with E-state index in [1.54, 1.807) is 0 Å². The second-order valence-electron chi connectivity index (χ2n) is 13.4. The molecule has 0 saturated heterocycles. The molecule has 39 heavy (non-hydrogen) atoms. The molecule has 0 heterocycles. The van der Waals surface area contributed by atoms with Gasteiger partial charge in [-0.2, -0.15) is 0 Å². The SMILES string of the molecule is C=C(CCCCCCCC(C)CC(C)CCCCC)CCC(CC)CCC1CCC(OC(=C)CCCNS)C1. The summed E-state index contributed by atoms with van der Waals surface area (Å²) in [6.07, 6.45) is 29.5. The summed E-state index contributed by atoms with van der Waals surface area (Å²) in [6.45, 7) is 19.1. The first-order valence-corrected chi connectivity index (χ1v) is 17.7. The number of nitrogens with one attached hydrogen (secondary N) is 1. The van der Waals surface area contributed by atoms with Crippen LogP contribution in [0.15, 0.2) is 24.5 Å². The molecular formula is C36H69NOS. The molecule has 0 bridgehead atoms. The second-order valence-corrected chi connectivity index (χ2v) is 13.7. The number of hydrogen-bond donors (Lipinski definition) is 2. The molecule has 1 fully saturated rings. The van der Waals surface area contributed by atoms with Gasteiger partial charge in [-0.1, -0.05) is 136 Å². The van der Waals surface area contributed by atoms with Crippen LogP contribution in [0.2, 0.25) is 0 Å². The number of hydrogen-bond acceptors (Lipinski definition) is 3. The van der Waals surface area contributed by atoms with Crippen LogP contribution in [0.25, 0.3) is 0 Å². The van der Waals surface area contributed by atoms with Gasteiger partial charge in [-0.25, -0.2) is 0 Å². The third-order valence-electron chi connectivity index (χ3n) is 9.37. The minimum Gasteiger partial charge on any atom is -0.495 e. The van der Waals surface area contributed by atoms with Gasteiger partial charge in [0.25, 0.3) is 0 Å². The zero-order chi connectivity index (χ0) is 28.7. The summed E-state index contributed by atoms with van der Waals surface area (Å²) in [5.74, 6) is 4.49. The van der Waals surface area contributed by atoms with Crippen molar-refractivity contribution in [3.63, 3.8) is 0 Å². The lowest BCUT2D eigenvalue weighted by Gasteiger charge is -2.19. The topological polar surface area (TPSA) is 21.3 Å². The lowest BCUT2D eigenvalue weighted by Crippen LogP contribution is -2.10. The standard InChI is InChI=1S/C36H69NOS/c1-7-9-13-18-31(4)28-32(5)19-15-12-10-11-14-17-30(3)21-22-34(8-2)23-24-35-25-26-36(29-35)38-33(6)20-16-27-37-39/h31-32,34-37,39H,3,6-29H2,1-2,4-5H3. The van der Waals surface area contributed by atoms with Crippen LogP contribution >= 0.6 is 12.8 Å². The minimum atomic E-state index is 0.402. The molecule has 1 N–H and O–H groups in total. The van der Waals surface area contributed by atoms with Crippen molar-refractivity contribution in [3.8, 4) is 0 Å². The normalized spacial score (nSPS) is 19.6. The number of rotatable bonds is 27. The fourth-order valence-electron chi connectivity index (χ4n) is 6.68. The van der Waals surface area contributed by atoms with Gasteiger partial charge in [0.05, 0.1) is 11.9 Å². The fraction of sp³-hybridized carbons (Fsp3) is 0.889. The average Bonchev–Trinajstić information content (AvgIpc) is 3.35. The van der Waals surface area contributed by atoms with Crippen LogP contribution in [-0.2, 0) is 4.74 Å². The highest BCUT2D eigenvalue weighted by Crippen LogP contribution is 2.35. The zero-order valence-electron chi connectivity index (χ0n) is 26.9. The lowest BCUT2D eigenvalue weighted by atomic mass is 9.88. The summed E-state index contributed by atoms with van der Waals surface area (Å²) in [7, 11) is 0. The Morgan fingerprint density at radius 2 is 1.51 bits per heavy atom. The van der Waals surface area contributed by atoms with E-state index >= 15 is 0 Å². The highest BCUT2D eigenvalue weighted by molar-refractivity contribution is 7.78. The first-order valence-electron chi connectivity index (χ1n) is 17.3. The Bertz CT molecular complexity index is 605. The third kappa shape index (κ3) is 20.2. The molecule has 0 aromatic carbocycles. The molecule has 0 radical (unpaired) electrons. The first-order chi connectivity index (χ1) is 18.9. The van der Waals surface area contributed by atoms with Crippen molar-refractivity contribution in [3.05, 3.63) is 24.5 Å². The smallest absolute Gasteiger partial charge is 0.0985 e. The Labute approximate surface area is 251 Å². The molecule has 0 amide bonds. The molecule has 0 aromatic rings. The Hall–Kier alpha value is -0.410. The van der Waals surface area contributed by atoms with E-state index in [4.69, 9.17) is 4.74 Å². The van der Waals surface area contributed by atoms with E-state index in [1.807, 2.05) is 0 Å². The van der Waals surface area contributed by atoms with Gasteiger partial charge >= 0.3 is 0 Å². The summed E-state index contributed by atoms with van der Waals surface area (Å²) >= 11 is 4.05. The zero-order valence-corrected chi connectivity index (χ0v) is 27.8. The van der Waals surface area contributed by atoms with E-state index in [1.165, 1.54) is 134 Å². The van der Waals surface area contributed by atoms with Gasteiger partial charge in [-0.15, -0.1) is 0 Å². The molecule has 2 nitrogen and oxygen atoms in total. The molecule has 5 unspecified atom stereocenters. The Kier molecular flexibility index (Phi) is 22.7. The van der Waals surface area contributed by atoms with Crippen LogP contribution in [0.4, 0.5) is 0 Å². The van der Waals surface area contributed by atoms with E-state index in [9.17, 15) is 0 Å². The predicted octanol–water partition coefficient (Wildman–Crippen LogP) is 12.0. The molecule has 1 saturated carbocycles. The summed E-state index contributed by atoms with van der Waals surface area (Å²) in [5.41, 5.74) is 1.50. The third-order valence-corrected chi connectivity index (χ3v) is 9.59. The number of ether oxygens (including phenoxy) is 1. The summed E-state index contributed by atoms with van der Waals surface area (Å²) < 4.78 is 9.05. The number of thiol groups is 1. The van der Waals surface area contributed by atoms with Crippen LogP contribution in [-0.4, -0.2) is 12.6 Å². The molecule has 5 atom stereocenters. The van der Waals surface area contributed by atoms with Gasteiger partial charge in [0, 0.05) is 13.0 Å².